The number of carbonyl (C=O) groups is 2. The Bertz CT molecular complexity index is 794. The van der Waals surface area contributed by atoms with Crippen molar-refractivity contribution in [1.29, 1.82) is 0 Å². The standard InChI is InChI=1S/C22H26N2O4/c1-17-6-5-9-19(12-17)27-15-21(25)23-13-20-14-24(22(26)16-28-20)11-10-18-7-3-2-4-8-18/h2-9,12,20H,10-11,13-16H2,1H3,(H,23,25). The van der Waals surface area contributed by atoms with Gasteiger partial charge in [-0.05, 0) is 36.6 Å². The highest BCUT2D eigenvalue weighted by Crippen LogP contribution is 2.12. The first kappa shape index (κ1) is 19.9. The first-order chi connectivity index (χ1) is 13.6. The van der Waals surface area contributed by atoms with E-state index >= 15 is 0 Å². The van der Waals surface area contributed by atoms with Gasteiger partial charge in [-0.2, -0.15) is 0 Å². The molecule has 1 heterocycles. The number of hydrogen-bond acceptors (Lipinski definition) is 4. The maximum atomic E-state index is 12.1. The van der Waals surface area contributed by atoms with E-state index in [-0.39, 0.29) is 31.1 Å². The van der Waals surface area contributed by atoms with Gasteiger partial charge < -0.3 is 19.7 Å². The third kappa shape index (κ3) is 6.09. The van der Waals surface area contributed by atoms with E-state index in [1.807, 2.05) is 49.4 Å². The first-order valence-electron chi connectivity index (χ1n) is 9.49. The number of nitrogens with zero attached hydrogens (tertiary/aromatic N) is 1. The lowest BCUT2D eigenvalue weighted by Gasteiger charge is -2.33. The molecule has 2 aromatic rings. The molecule has 148 valence electrons. The van der Waals surface area contributed by atoms with Crippen molar-refractivity contribution in [3.05, 3.63) is 65.7 Å². The predicted molar refractivity (Wildman–Crippen MR) is 106 cm³/mol. The number of ether oxygens (including phenoxy) is 2. The van der Waals surface area contributed by atoms with E-state index in [0.29, 0.717) is 25.4 Å². The third-order valence-electron chi connectivity index (χ3n) is 4.62. The second kappa shape index (κ2) is 9.90. The monoisotopic (exact) mass is 382 g/mol. The quantitative estimate of drug-likeness (QED) is 0.758. The summed E-state index contributed by atoms with van der Waals surface area (Å²) < 4.78 is 11.1. The van der Waals surface area contributed by atoms with E-state index in [4.69, 9.17) is 9.47 Å². The SMILES string of the molecule is Cc1cccc(OCC(=O)NCC2CN(CCc3ccccc3)C(=O)CO2)c1. The maximum Gasteiger partial charge on any atom is 0.258 e. The summed E-state index contributed by atoms with van der Waals surface area (Å²) in [7, 11) is 0. The minimum Gasteiger partial charge on any atom is -0.484 e. The summed E-state index contributed by atoms with van der Waals surface area (Å²) in [5.74, 6) is 0.445. The van der Waals surface area contributed by atoms with E-state index in [2.05, 4.69) is 17.4 Å². The lowest BCUT2D eigenvalue weighted by atomic mass is 10.1. The Morgan fingerprint density at radius 3 is 2.82 bits per heavy atom. The van der Waals surface area contributed by atoms with Gasteiger partial charge in [-0.25, -0.2) is 0 Å². The van der Waals surface area contributed by atoms with Crippen molar-refractivity contribution in [2.24, 2.45) is 0 Å². The first-order valence-corrected chi connectivity index (χ1v) is 9.49. The van der Waals surface area contributed by atoms with Gasteiger partial charge in [0.05, 0.1) is 6.10 Å². The largest absolute Gasteiger partial charge is 0.484 e. The fourth-order valence-electron chi connectivity index (χ4n) is 3.06. The number of carbonyl (C=O) groups excluding carboxylic acids is 2. The number of amides is 2. The fourth-order valence-corrected chi connectivity index (χ4v) is 3.06. The normalized spacial score (nSPS) is 16.7. The van der Waals surface area contributed by atoms with Crippen LogP contribution in [-0.2, 0) is 20.7 Å². The highest BCUT2D eigenvalue weighted by atomic mass is 16.5. The summed E-state index contributed by atoms with van der Waals surface area (Å²) in [5, 5.41) is 2.82. The smallest absolute Gasteiger partial charge is 0.258 e. The van der Waals surface area contributed by atoms with Gasteiger partial charge in [0.1, 0.15) is 12.4 Å². The average molecular weight is 382 g/mol. The number of rotatable bonds is 8. The van der Waals surface area contributed by atoms with Crippen LogP contribution in [-0.4, -0.2) is 55.7 Å². The van der Waals surface area contributed by atoms with Crippen molar-refractivity contribution >= 4 is 11.8 Å². The number of morpholine rings is 1. The molecule has 6 nitrogen and oxygen atoms in total. The molecule has 28 heavy (non-hydrogen) atoms. The summed E-state index contributed by atoms with van der Waals surface area (Å²) >= 11 is 0. The average Bonchev–Trinajstić information content (AvgIpc) is 2.71. The molecule has 6 heteroatoms. The zero-order valence-electron chi connectivity index (χ0n) is 16.1. The lowest BCUT2D eigenvalue weighted by Crippen LogP contribution is -2.51. The van der Waals surface area contributed by atoms with Crippen LogP contribution in [0.4, 0.5) is 0 Å². The molecule has 1 aliphatic heterocycles. The highest BCUT2D eigenvalue weighted by Gasteiger charge is 2.26. The maximum absolute atomic E-state index is 12.1. The molecule has 3 rings (SSSR count). The Labute approximate surface area is 165 Å². The van der Waals surface area contributed by atoms with Crippen molar-refractivity contribution in [2.75, 3.05) is 32.8 Å². The molecule has 0 radical (unpaired) electrons. The van der Waals surface area contributed by atoms with Crippen LogP contribution in [0.3, 0.4) is 0 Å². The van der Waals surface area contributed by atoms with Gasteiger partial charge in [-0.3, -0.25) is 9.59 Å². The number of benzene rings is 2. The minimum atomic E-state index is -0.212. The van der Waals surface area contributed by atoms with Gasteiger partial charge >= 0.3 is 0 Å². The number of aryl methyl sites for hydroxylation is 1. The van der Waals surface area contributed by atoms with Crippen LogP contribution in [0.1, 0.15) is 11.1 Å². The predicted octanol–water partition coefficient (Wildman–Crippen LogP) is 1.96. The molecule has 1 N–H and O–H groups in total. The van der Waals surface area contributed by atoms with Crippen molar-refractivity contribution in [2.45, 2.75) is 19.4 Å². The molecule has 0 saturated carbocycles. The zero-order chi connectivity index (χ0) is 19.8. The van der Waals surface area contributed by atoms with Crippen LogP contribution < -0.4 is 10.1 Å². The molecular formula is C22H26N2O4. The van der Waals surface area contributed by atoms with Crippen molar-refractivity contribution in [3.8, 4) is 5.75 Å². The summed E-state index contributed by atoms with van der Waals surface area (Å²) in [6, 6.07) is 17.6. The van der Waals surface area contributed by atoms with Crippen LogP contribution in [0, 0.1) is 6.92 Å². The molecule has 1 fully saturated rings. The van der Waals surface area contributed by atoms with Gasteiger partial charge in [0.15, 0.2) is 6.61 Å². The molecule has 0 aliphatic carbocycles. The second-order valence-electron chi connectivity index (χ2n) is 6.92. The minimum absolute atomic E-state index is 0.0127. The van der Waals surface area contributed by atoms with E-state index in [0.717, 1.165) is 12.0 Å². The van der Waals surface area contributed by atoms with Gasteiger partial charge in [-0.1, -0.05) is 42.5 Å². The van der Waals surface area contributed by atoms with Gasteiger partial charge in [0.25, 0.3) is 5.91 Å². The molecule has 1 aliphatic rings. The molecule has 2 amide bonds. The van der Waals surface area contributed by atoms with Crippen molar-refractivity contribution in [1.82, 2.24) is 10.2 Å². The van der Waals surface area contributed by atoms with E-state index in [1.165, 1.54) is 5.56 Å². The molecule has 0 spiro atoms. The van der Waals surface area contributed by atoms with Crippen LogP contribution in [0.25, 0.3) is 0 Å². The van der Waals surface area contributed by atoms with E-state index < -0.39 is 0 Å². The van der Waals surface area contributed by atoms with E-state index in [9.17, 15) is 9.59 Å². The topological polar surface area (TPSA) is 67.9 Å². The Morgan fingerprint density at radius 1 is 1.21 bits per heavy atom. The highest BCUT2D eigenvalue weighted by molar-refractivity contribution is 5.78. The number of hydrogen-bond donors (Lipinski definition) is 1. The van der Waals surface area contributed by atoms with Gasteiger partial charge in [0.2, 0.25) is 5.91 Å². The zero-order valence-corrected chi connectivity index (χ0v) is 16.1. The van der Waals surface area contributed by atoms with Crippen LogP contribution in [0.15, 0.2) is 54.6 Å². The molecule has 1 atom stereocenters. The van der Waals surface area contributed by atoms with Crippen molar-refractivity contribution in [3.63, 3.8) is 0 Å². The third-order valence-corrected chi connectivity index (χ3v) is 4.62. The Balaban J connectivity index is 1.40. The van der Waals surface area contributed by atoms with E-state index in [1.54, 1.807) is 4.90 Å². The van der Waals surface area contributed by atoms with Gasteiger partial charge in [0, 0.05) is 19.6 Å². The fraction of sp³-hybridized carbons (Fsp3) is 0.364. The molecule has 1 saturated heterocycles. The Hall–Kier alpha value is -2.86. The van der Waals surface area contributed by atoms with Gasteiger partial charge in [-0.15, -0.1) is 0 Å². The summed E-state index contributed by atoms with van der Waals surface area (Å²) in [5.41, 5.74) is 2.27. The summed E-state index contributed by atoms with van der Waals surface area (Å²) in [4.78, 5) is 25.9. The molecule has 1 unspecified atom stereocenters. The summed E-state index contributed by atoms with van der Waals surface area (Å²) in [6.07, 6.45) is 0.590. The molecule has 2 aromatic carbocycles. The molecule has 0 bridgehead atoms. The van der Waals surface area contributed by atoms with Crippen LogP contribution in [0.2, 0.25) is 0 Å². The molecular weight excluding hydrogens is 356 g/mol. The van der Waals surface area contributed by atoms with Crippen molar-refractivity contribution < 1.29 is 19.1 Å². The summed E-state index contributed by atoms with van der Waals surface area (Å²) in [6.45, 7) is 3.45. The van der Waals surface area contributed by atoms with Crippen LogP contribution >= 0.6 is 0 Å². The molecule has 0 aromatic heterocycles. The second-order valence-corrected chi connectivity index (χ2v) is 6.92. The number of nitrogens with one attached hydrogen (secondary N) is 1. The Morgan fingerprint density at radius 2 is 2.04 bits per heavy atom. The lowest BCUT2D eigenvalue weighted by molar-refractivity contribution is -0.148. The Kier molecular flexibility index (Phi) is 7.03. The van der Waals surface area contributed by atoms with Crippen LogP contribution in [0.5, 0.6) is 5.75 Å².